The number of halogens is 1. The Labute approximate surface area is 209 Å². The van der Waals surface area contributed by atoms with Crippen molar-refractivity contribution in [1.82, 2.24) is 15.5 Å². The van der Waals surface area contributed by atoms with Crippen molar-refractivity contribution in [2.24, 2.45) is 0 Å². The summed E-state index contributed by atoms with van der Waals surface area (Å²) in [6, 6.07) is 22.6. The fourth-order valence-corrected chi connectivity index (χ4v) is 4.43. The highest BCUT2D eigenvalue weighted by Crippen LogP contribution is 2.39. The van der Waals surface area contributed by atoms with E-state index in [0.29, 0.717) is 16.7 Å². The van der Waals surface area contributed by atoms with E-state index in [4.69, 9.17) is 21.1 Å². The van der Waals surface area contributed by atoms with Crippen molar-refractivity contribution < 1.29 is 9.32 Å². The Morgan fingerprint density at radius 3 is 2.49 bits per heavy atom. The SMILES string of the molecule is CCc1cccc(N2C(=O)NC(c3ccc(Cl)cc3)C(c3nc(-c4ccc(C)cc4)no3)=C2C)c1. The first-order valence-electron chi connectivity index (χ1n) is 11.5. The zero-order valence-corrected chi connectivity index (χ0v) is 20.5. The molecule has 0 aliphatic carbocycles. The predicted molar refractivity (Wildman–Crippen MR) is 138 cm³/mol. The molecule has 1 unspecified atom stereocenters. The number of nitrogens with one attached hydrogen (secondary N) is 1. The van der Waals surface area contributed by atoms with Gasteiger partial charge in [0.15, 0.2) is 0 Å². The first-order chi connectivity index (χ1) is 16.9. The molecule has 176 valence electrons. The molecule has 5 rings (SSSR count). The van der Waals surface area contributed by atoms with Gasteiger partial charge in [-0.2, -0.15) is 4.98 Å². The van der Waals surface area contributed by atoms with E-state index < -0.39 is 6.04 Å². The molecule has 0 fully saturated rings. The number of aryl methyl sites for hydroxylation is 2. The van der Waals surface area contributed by atoms with Crippen molar-refractivity contribution in [3.8, 4) is 11.4 Å². The van der Waals surface area contributed by atoms with Crippen LogP contribution in [0, 0.1) is 6.92 Å². The van der Waals surface area contributed by atoms with Gasteiger partial charge in [0.2, 0.25) is 5.82 Å². The maximum atomic E-state index is 13.4. The summed E-state index contributed by atoms with van der Waals surface area (Å²) in [4.78, 5) is 19.8. The highest BCUT2D eigenvalue weighted by Gasteiger charge is 2.36. The van der Waals surface area contributed by atoms with Crippen LogP contribution in [0.5, 0.6) is 0 Å². The lowest BCUT2D eigenvalue weighted by Gasteiger charge is -2.35. The lowest BCUT2D eigenvalue weighted by atomic mass is 9.94. The number of rotatable bonds is 5. The van der Waals surface area contributed by atoms with Gasteiger partial charge in [-0.3, -0.25) is 4.90 Å². The standard InChI is InChI=1S/C28H25ClN4O2/c1-4-19-6-5-7-23(16-19)33-18(3)24(25(30-28(33)34)20-12-14-22(29)15-13-20)27-31-26(32-35-27)21-10-8-17(2)9-11-21/h5-16,25H,4H2,1-3H3,(H,30,34). The molecule has 2 amide bonds. The van der Waals surface area contributed by atoms with Crippen LogP contribution in [0.2, 0.25) is 5.02 Å². The van der Waals surface area contributed by atoms with Gasteiger partial charge in [-0.05, 0) is 55.7 Å². The molecule has 1 aromatic heterocycles. The molecule has 3 aromatic carbocycles. The molecule has 2 heterocycles. The minimum absolute atomic E-state index is 0.224. The van der Waals surface area contributed by atoms with E-state index in [-0.39, 0.29) is 6.03 Å². The zero-order chi connectivity index (χ0) is 24.5. The fraction of sp³-hybridized carbons (Fsp3) is 0.179. The van der Waals surface area contributed by atoms with Crippen LogP contribution < -0.4 is 10.2 Å². The number of carbonyl (C=O) groups is 1. The third kappa shape index (κ3) is 4.45. The van der Waals surface area contributed by atoms with E-state index in [2.05, 4.69) is 17.4 Å². The van der Waals surface area contributed by atoms with E-state index in [1.165, 1.54) is 0 Å². The number of carbonyl (C=O) groups excluding carboxylic acids is 1. The van der Waals surface area contributed by atoms with E-state index in [1.807, 2.05) is 74.5 Å². The number of aromatic nitrogens is 2. The molecule has 1 N–H and O–H groups in total. The number of benzene rings is 3. The van der Waals surface area contributed by atoms with Crippen LogP contribution >= 0.6 is 11.6 Å². The largest absolute Gasteiger partial charge is 0.334 e. The summed E-state index contributed by atoms with van der Waals surface area (Å²) in [6.07, 6.45) is 0.871. The minimum Gasteiger partial charge on any atom is -0.334 e. The van der Waals surface area contributed by atoms with Gasteiger partial charge < -0.3 is 9.84 Å². The lowest BCUT2D eigenvalue weighted by molar-refractivity contribution is 0.244. The molecule has 1 aliphatic rings. The Morgan fingerprint density at radius 1 is 1.03 bits per heavy atom. The third-order valence-electron chi connectivity index (χ3n) is 6.23. The topological polar surface area (TPSA) is 71.3 Å². The van der Waals surface area contributed by atoms with Crippen LogP contribution in [0.3, 0.4) is 0 Å². The molecule has 4 aromatic rings. The summed E-state index contributed by atoms with van der Waals surface area (Å²) in [6.45, 7) is 6.03. The van der Waals surface area contributed by atoms with E-state index in [1.54, 1.807) is 17.0 Å². The van der Waals surface area contributed by atoms with Gasteiger partial charge in [0, 0.05) is 16.3 Å². The Hall–Kier alpha value is -3.90. The fourth-order valence-electron chi connectivity index (χ4n) is 4.30. The second-order valence-corrected chi connectivity index (χ2v) is 9.02. The number of amides is 2. The zero-order valence-electron chi connectivity index (χ0n) is 19.7. The molecule has 0 saturated heterocycles. The Balaban J connectivity index is 1.65. The number of urea groups is 1. The molecule has 0 spiro atoms. The van der Waals surface area contributed by atoms with E-state index in [0.717, 1.165) is 45.6 Å². The number of hydrogen-bond donors (Lipinski definition) is 1. The molecular formula is C28H25ClN4O2. The number of anilines is 1. The summed E-state index contributed by atoms with van der Waals surface area (Å²) >= 11 is 6.13. The number of nitrogens with zero attached hydrogens (tertiary/aromatic N) is 3. The summed E-state index contributed by atoms with van der Waals surface area (Å²) in [5.41, 5.74) is 6.27. The lowest BCUT2D eigenvalue weighted by Crippen LogP contribution is -2.46. The van der Waals surface area contributed by atoms with Gasteiger partial charge in [0.1, 0.15) is 0 Å². The predicted octanol–water partition coefficient (Wildman–Crippen LogP) is 6.96. The normalized spacial score (nSPS) is 15.9. The molecule has 0 saturated carbocycles. The van der Waals surface area contributed by atoms with Gasteiger partial charge in [-0.25, -0.2) is 4.79 Å². The van der Waals surface area contributed by atoms with Crippen LogP contribution in [0.15, 0.2) is 83.0 Å². The second-order valence-electron chi connectivity index (χ2n) is 8.58. The smallest absolute Gasteiger partial charge is 0.326 e. The average molecular weight is 485 g/mol. The molecule has 1 atom stereocenters. The van der Waals surface area contributed by atoms with Crippen LogP contribution in [0.25, 0.3) is 17.0 Å². The molecule has 7 heteroatoms. The molecule has 0 bridgehead atoms. The summed E-state index contributed by atoms with van der Waals surface area (Å²) in [5, 5.41) is 7.99. The highest BCUT2D eigenvalue weighted by molar-refractivity contribution is 6.30. The van der Waals surface area contributed by atoms with Gasteiger partial charge in [-0.15, -0.1) is 0 Å². The monoisotopic (exact) mass is 484 g/mol. The van der Waals surface area contributed by atoms with Crippen LogP contribution in [-0.2, 0) is 6.42 Å². The average Bonchev–Trinajstić information content (AvgIpc) is 3.34. The van der Waals surface area contributed by atoms with Crippen LogP contribution in [0.1, 0.15) is 42.5 Å². The molecule has 0 radical (unpaired) electrons. The first kappa shape index (κ1) is 22.9. The maximum absolute atomic E-state index is 13.4. The number of hydrogen-bond acceptors (Lipinski definition) is 4. The number of allylic oxidation sites excluding steroid dienone is 1. The molecular weight excluding hydrogens is 460 g/mol. The highest BCUT2D eigenvalue weighted by atomic mass is 35.5. The Morgan fingerprint density at radius 2 is 1.77 bits per heavy atom. The Bertz CT molecular complexity index is 1410. The maximum Gasteiger partial charge on any atom is 0.326 e. The summed E-state index contributed by atoms with van der Waals surface area (Å²) < 4.78 is 5.78. The van der Waals surface area contributed by atoms with Crippen molar-refractivity contribution in [3.05, 3.63) is 106 Å². The van der Waals surface area contributed by atoms with E-state index >= 15 is 0 Å². The summed E-state index contributed by atoms with van der Waals surface area (Å²) in [7, 11) is 0. The molecule has 6 nitrogen and oxygen atoms in total. The van der Waals surface area contributed by atoms with Gasteiger partial charge in [-0.1, -0.05) is 77.8 Å². The van der Waals surface area contributed by atoms with Gasteiger partial charge in [0.05, 0.1) is 17.3 Å². The Kier molecular flexibility index (Phi) is 6.14. The van der Waals surface area contributed by atoms with Crippen molar-refractivity contribution in [2.45, 2.75) is 33.2 Å². The summed E-state index contributed by atoms with van der Waals surface area (Å²) in [5.74, 6) is 0.848. The van der Waals surface area contributed by atoms with Gasteiger partial charge in [0.25, 0.3) is 5.89 Å². The molecule has 1 aliphatic heterocycles. The minimum atomic E-state index is -0.475. The van der Waals surface area contributed by atoms with Crippen molar-refractivity contribution in [3.63, 3.8) is 0 Å². The van der Waals surface area contributed by atoms with Crippen LogP contribution in [0.4, 0.5) is 10.5 Å². The van der Waals surface area contributed by atoms with Crippen molar-refractivity contribution >= 4 is 28.9 Å². The first-order valence-corrected chi connectivity index (χ1v) is 11.9. The van der Waals surface area contributed by atoms with Crippen molar-refractivity contribution in [2.75, 3.05) is 4.90 Å². The van der Waals surface area contributed by atoms with E-state index in [9.17, 15) is 4.79 Å². The van der Waals surface area contributed by atoms with Crippen LogP contribution in [-0.4, -0.2) is 16.2 Å². The second kappa shape index (κ2) is 9.39. The van der Waals surface area contributed by atoms with Crippen molar-refractivity contribution in [1.29, 1.82) is 0 Å². The van der Waals surface area contributed by atoms with Gasteiger partial charge >= 0.3 is 6.03 Å². The quantitative estimate of drug-likeness (QED) is 0.332. The third-order valence-corrected chi connectivity index (χ3v) is 6.48. The molecule has 35 heavy (non-hydrogen) atoms.